The van der Waals surface area contributed by atoms with Crippen molar-refractivity contribution in [3.63, 3.8) is 0 Å². The molecule has 0 N–H and O–H groups in total. The van der Waals surface area contributed by atoms with Crippen LogP contribution in [0.3, 0.4) is 0 Å². The molecule has 134 valence electrons. The summed E-state index contributed by atoms with van der Waals surface area (Å²) in [4.78, 5) is 15.6. The van der Waals surface area contributed by atoms with Gasteiger partial charge in [0.15, 0.2) is 0 Å². The van der Waals surface area contributed by atoms with Crippen LogP contribution in [0, 0.1) is 0 Å². The third-order valence-electron chi connectivity index (χ3n) is 4.85. The van der Waals surface area contributed by atoms with Crippen molar-refractivity contribution < 1.29 is 9.53 Å². The molecule has 0 bridgehead atoms. The first-order valence-electron chi connectivity index (χ1n) is 9.19. The van der Waals surface area contributed by atoms with E-state index in [1.807, 2.05) is 67.6 Å². The van der Waals surface area contributed by atoms with Crippen LogP contribution in [0.25, 0.3) is 0 Å². The SMILES string of the molecule is CCOC(=O)C(CCN(CC)CC)(c1ccccc1)c1ccccc1. The minimum atomic E-state index is -0.777. The maximum atomic E-state index is 13.2. The predicted molar refractivity (Wildman–Crippen MR) is 103 cm³/mol. The van der Waals surface area contributed by atoms with Gasteiger partial charge in [0, 0.05) is 0 Å². The van der Waals surface area contributed by atoms with E-state index in [0.29, 0.717) is 13.0 Å². The highest BCUT2D eigenvalue weighted by Gasteiger charge is 2.43. The third kappa shape index (κ3) is 4.29. The van der Waals surface area contributed by atoms with Crippen molar-refractivity contribution in [1.82, 2.24) is 4.90 Å². The van der Waals surface area contributed by atoms with Crippen LogP contribution in [0.1, 0.15) is 38.3 Å². The second kappa shape index (κ2) is 9.38. The average molecular weight is 339 g/mol. The maximum Gasteiger partial charge on any atom is 0.321 e. The second-order valence-corrected chi connectivity index (χ2v) is 6.13. The van der Waals surface area contributed by atoms with Gasteiger partial charge in [-0.15, -0.1) is 0 Å². The van der Waals surface area contributed by atoms with Gasteiger partial charge in [0.05, 0.1) is 6.61 Å². The Morgan fingerprint density at radius 1 is 0.880 bits per heavy atom. The normalized spacial score (nSPS) is 11.5. The lowest BCUT2D eigenvalue weighted by Gasteiger charge is -2.34. The summed E-state index contributed by atoms with van der Waals surface area (Å²) in [7, 11) is 0. The molecule has 2 rings (SSSR count). The van der Waals surface area contributed by atoms with Crippen LogP contribution in [0.4, 0.5) is 0 Å². The van der Waals surface area contributed by atoms with Gasteiger partial charge in [-0.25, -0.2) is 0 Å². The summed E-state index contributed by atoms with van der Waals surface area (Å²) in [6.45, 7) is 9.34. The molecule has 0 aromatic heterocycles. The zero-order chi connectivity index (χ0) is 18.1. The Labute approximate surface area is 151 Å². The molecular formula is C22H29NO2. The maximum absolute atomic E-state index is 13.2. The number of hydrogen-bond donors (Lipinski definition) is 0. The fraction of sp³-hybridized carbons (Fsp3) is 0.409. The first kappa shape index (κ1) is 19.2. The molecule has 0 saturated heterocycles. The van der Waals surface area contributed by atoms with E-state index in [1.165, 1.54) is 0 Å². The molecule has 3 heteroatoms. The average Bonchev–Trinajstić information content (AvgIpc) is 2.67. The topological polar surface area (TPSA) is 29.5 Å². The van der Waals surface area contributed by atoms with Crippen LogP contribution in [0.15, 0.2) is 60.7 Å². The van der Waals surface area contributed by atoms with Crippen molar-refractivity contribution in [2.45, 2.75) is 32.6 Å². The summed E-state index contributed by atoms with van der Waals surface area (Å²) in [6, 6.07) is 20.1. The Morgan fingerprint density at radius 2 is 1.36 bits per heavy atom. The summed E-state index contributed by atoms with van der Waals surface area (Å²) < 4.78 is 5.56. The van der Waals surface area contributed by atoms with E-state index < -0.39 is 5.41 Å². The monoisotopic (exact) mass is 339 g/mol. The molecule has 0 radical (unpaired) electrons. The van der Waals surface area contributed by atoms with Crippen molar-refractivity contribution in [2.75, 3.05) is 26.2 Å². The summed E-state index contributed by atoms with van der Waals surface area (Å²) in [5, 5.41) is 0. The number of esters is 1. The fourth-order valence-electron chi connectivity index (χ4n) is 3.36. The van der Waals surface area contributed by atoms with Gasteiger partial charge >= 0.3 is 5.97 Å². The molecule has 0 aliphatic rings. The molecule has 0 atom stereocenters. The molecule has 3 nitrogen and oxygen atoms in total. The summed E-state index contributed by atoms with van der Waals surface area (Å²) in [5.41, 5.74) is 1.21. The predicted octanol–water partition coefficient (Wildman–Crippen LogP) is 4.27. The lowest BCUT2D eigenvalue weighted by molar-refractivity contribution is -0.148. The van der Waals surface area contributed by atoms with Crippen molar-refractivity contribution in [3.05, 3.63) is 71.8 Å². The number of hydrogen-bond acceptors (Lipinski definition) is 3. The fourth-order valence-corrected chi connectivity index (χ4v) is 3.36. The van der Waals surface area contributed by atoms with Gasteiger partial charge in [-0.1, -0.05) is 74.5 Å². The Hall–Kier alpha value is -2.13. The lowest BCUT2D eigenvalue weighted by Crippen LogP contribution is -2.42. The van der Waals surface area contributed by atoms with Crippen molar-refractivity contribution in [3.8, 4) is 0 Å². The van der Waals surface area contributed by atoms with Crippen LogP contribution in [-0.4, -0.2) is 37.1 Å². The Bertz CT molecular complexity index is 596. The quantitative estimate of drug-likeness (QED) is 0.639. The minimum Gasteiger partial charge on any atom is -0.465 e. The second-order valence-electron chi connectivity index (χ2n) is 6.13. The van der Waals surface area contributed by atoms with E-state index in [2.05, 4.69) is 18.7 Å². The van der Waals surface area contributed by atoms with Gasteiger partial charge in [-0.3, -0.25) is 4.79 Å². The number of rotatable bonds is 9. The highest BCUT2D eigenvalue weighted by atomic mass is 16.5. The summed E-state index contributed by atoms with van der Waals surface area (Å²) in [5.74, 6) is -0.167. The first-order chi connectivity index (χ1) is 12.2. The van der Waals surface area contributed by atoms with Gasteiger partial charge in [0.2, 0.25) is 0 Å². The molecule has 0 spiro atoms. The van der Waals surface area contributed by atoms with Crippen LogP contribution in [0.2, 0.25) is 0 Å². The smallest absolute Gasteiger partial charge is 0.321 e. The highest BCUT2D eigenvalue weighted by molar-refractivity contribution is 5.87. The molecular weight excluding hydrogens is 310 g/mol. The van der Waals surface area contributed by atoms with Crippen molar-refractivity contribution >= 4 is 5.97 Å². The molecule has 0 fully saturated rings. The van der Waals surface area contributed by atoms with E-state index in [-0.39, 0.29) is 5.97 Å². The molecule has 25 heavy (non-hydrogen) atoms. The lowest BCUT2D eigenvalue weighted by atomic mass is 9.72. The van der Waals surface area contributed by atoms with Gasteiger partial charge in [-0.2, -0.15) is 0 Å². The van der Waals surface area contributed by atoms with E-state index in [9.17, 15) is 4.79 Å². The van der Waals surface area contributed by atoms with Gasteiger partial charge in [-0.05, 0) is 44.1 Å². The standard InChI is InChI=1S/C22H29NO2/c1-4-23(5-2)18-17-22(21(24)25-6-3,19-13-9-7-10-14-19)20-15-11-8-12-16-20/h7-16H,4-6,17-18H2,1-3H3. The van der Waals surface area contributed by atoms with Gasteiger partial charge in [0.1, 0.15) is 5.41 Å². The van der Waals surface area contributed by atoms with E-state index in [4.69, 9.17) is 4.74 Å². The molecule has 0 unspecified atom stereocenters. The summed E-state index contributed by atoms with van der Waals surface area (Å²) >= 11 is 0. The zero-order valence-corrected chi connectivity index (χ0v) is 15.6. The largest absolute Gasteiger partial charge is 0.465 e. The molecule has 0 amide bonds. The number of ether oxygens (including phenoxy) is 1. The Balaban J connectivity index is 2.55. The van der Waals surface area contributed by atoms with Gasteiger partial charge < -0.3 is 9.64 Å². The molecule has 2 aromatic carbocycles. The minimum absolute atomic E-state index is 0.167. The molecule has 0 aliphatic carbocycles. The van der Waals surface area contributed by atoms with Crippen LogP contribution in [-0.2, 0) is 14.9 Å². The number of benzene rings is 2. The van der Waals surface area contributed by atoms with E-state index in [1.54, 1.807) is 0 Å². The van der Waals surface area contributed by atoms with Gasteiger partial charge in [0.25, 0.3) is 0 Å². The molecule has 2 aromatic rings. The first-order valence-corrected chi connectivity index (χ1v) is 9.19. The highest BCUT2D eigenvalue weighted by Crippen LogP contribution is 2.37. The van der Waals surface area contributed by atoms with E-state index in [0.717, 1.165) is 30.8 Å². The number of nitrogens with zero attached hydrogens (tertiary/aromatic N) is 1. The Morgan fingerprint density at radius 3 is 1.76 bits per heavy atom. The van der Waals surface area contributed by atoms with Crippen LogP contribution >= 0.6 is 0 Å². The molecule has 0 heterocycles. The zero-order valence-electron chi connectivity index (χ0n) is 15.6. The summed E-state index contributed by atoms with van der Waals surface area (Å²) in [6.07, 6.45) is 0.696. The van der Waals surface area contributed by atoms with Crippen molar-refractivity contribution in [1.29, 1.82) is 0 Å². The Kier molecular flexibility index (Phi) is 7.20. The number of carbonyl (C=O) groups is 1. The van der Waals surface area contributed by atoms with E-state index >= 15 is 0 Å². The third-order valence-corrected chi connectivity index (χ3v) is 4.85. The van der Waals surface area contributed by atoms with Crippen molar-refractivity contribution in [2.24, 2.45) is 0 Å². The van der Waals surface area contributed by atoms with Crippen LogP contribution in [0.5, 0.6) is 0 Å². The molecule has 0 aliphatic heterocycles. The number of carbonyl (C=O) groups excluding carboxylic acids is 1. The molecule has 0 saturated carbocycles. The van der Waals surface area contributed by atoms with Crippen LogP contribution < -0.4 is 0 Å².